The van der Waals surface area contributed by atoms with Gasteiger partial charge in [-0.3, -0.25) is 9.59 Å². The fourth-order valence-electron chi connectivity index (χ4n) is 11.6. The number of ether oxygens (including phenoxy) is 3. The highest BCUT2D eigenvalue weighted by molar-refractivity contribution is 5.76. The molecule has 504 valence electrons. The number of carbonyl (C=O) groups is 2. The van der Waals surface area contributed by atoms with Crippen LogP contribution in [-0.2, 0) is 23.8 Å². The van der Waals surface area contributed by atoms with Crippen LogP contribution >= 0.6 is 0 Å². The molecule has 11 heteroatoms. The summed E-state index contributed by atoms with van der Waals surface area (Å²) in [6.45, 7) is 4.32. The number of nitrogens with one attached hydrogen (secondary N) is 1. The minimum atomic E-state index is -1.57. The van der Waals surface area contributed by atoms with Crippen molar-refractivity contribution in [2.24, 2.45) is 0 Å². The number of rotatable bonds is 65. The number of amides is 1. The SMILES string of the molecule is CCCC/C=C\CCCCCCCC(=O)OCCCCCCCCCCCCCCC/C=C\C/C=C\CCCCCCCCCCCCCCCCCCCC(=O)NC(COC1OC(CO)C(O)C(O)C1O)C(O)/C=C/CCCCCCCCCC. The maximum Gasteiger partial charge on any atom is 0.305 e. The monoisotopic (exact) mass is 1210 g/mol. The van der Waals surface area contributed by atoms with Crippen LogP contribution in [0.3, 0.4) is 0 Å². The Labute approximate surface area is 529 Å². The molecule has 1 saturated heterocycles. The normalized spacial score (nSPS) is 18.2. The van der Waals surface area contributed by atoms with E-state index in [4.69, 9.17) is 14.2 Å². The first-order chi connectivity index (χ1) is 42.2. The van der Waals surface area contributed by atoms with Gasteiger partial charge in [-0.2, -0.15) is 0 Å². The molecule has 7 atom stereocenters. The standard InChI is InChI=1S/C75H139NO10/c1-3-5-7-9-11-13-42-47-51-55-59-63-71(80)84-64-60-56-52-48-44-41-39-37-35-33-31-29-27-25-23-21-19-17-15-16-18-20-22-24-26-28-30-32-34-36-38-40-43-46-50-54-58-62-70(79)76-67(66-85-75-74(83)73(82)72(81)69(65-77)86-75)68(78)61-57-53-49-45-14-12-10-8-6-4-2/h9,11,15,17,21,23,57,61,67-69,72-75,77-78,81-83H,3-8,10,12-14,16,18-20,22,24-56,58-60,62-66H2,1-2H3,(H,76,79)/b11-9-,17-15-,23-21-,61-57+. The number of aliphatic hydroxyl groups excluding tert-OH is 5. The zero-order valence-electron chi connectivity index (χ0n) is 56.0. The summed E-state index contributed by atoms with van der Waals surface area (Å²) in [4.78, 5) is 25.0. The molecule has 1 heterocycles. The van der Waals surface area contributed by atoms with E-state index in [1.807, 2.05) is 6.08 Å². The maximum atomic E-state index is 13.0. The van der Waals surface area contributed by atoms with Crippen LogP contribution in [0.1, 0.15) is 354 Å². The van der Waals surface area contributed by atoms with Gasteiger partial charge in [0.15, 0.2) is 6.29 Å². The first-order valence-corrected chi connectivity index (χ1v) is 36.9. The lowest BCUT2D eigenvalue weighted by Gasteiger charge is -2.40. The lowest BCUT2D eigenvalue weighted by Crippen LogP contribution is -2.60. The summed E-state index contributed by atoms with van der Waals surface area (Å²) in [5, 5.41) is 54.4. The van der Waals surface area contributed by atoms with Crippen molar-refractivity contribution in [3.05, 3.63) is 48.6 Å². The van der Waals surface area contributed by atoms with Gasteiger partial charge in [0.1, 0.15) is 24.4 Å². The third kappa shape index (κ3) is 52.4. The number of hydrogen-bond acceptors (Lipinski definition) is 10. The summed E-state index contributed by atoms with van der Waals surface area (Å²) in [5.74, 6) is -0.178. The molecule has 0 aliphatic carbocycles. The Hall–Kier alpha value is -2.38. The van der Waals surface area contributed by atoms with Crippen LogP contribution in [0.2, 0.25) is 0 Å². The van der Waals surface area contributed by atoms with Crippen molar-refractivity contribution in [1.82, 2.24) is 5.32 Å². The molecule has 1 aliphatic heterocycles. The number of hydrogen-bond donors (Lipinski definition) is 6. The number of aliphatic hydroxyl groups is 5. The van der Waals surface area contributed by atoms with E-state index in [1.54, 1.807) is 6.08 Å². The van der Waals surface area contributed by atoms with Crippen LogP contribution < -0.4 is 5.32 Å². The molecular weight excluding hydrogens is 1070 g/mol. The topological polar surface area (TPSA) is 175 Å². The van der Waals surface area contributed by atoms with Crippen LogP contribution in [0.4, 0.5) is 0 Å². The first-order valence-electron chi connectivity index (χ1n) is 36.9. The molecule has 6 N–H and O–H groups in total. The smallest absolute Gasteiger partial charge is 0.305 e. The summed E-state index contributed by atoms with van der Waals surface area (Å²) in [7, 11) is 0. The minimum Gasteiger partial charge on any atom is -0.466 e. The van der Waals surface area contributed by atoms with Gasteiger partial charge in [-0.25, -0.2) is 0 Å². The molecule has 11 nitrogen and oxygen atoms in total. The summed E-state index contributed by atoms with van der Waals surface area (Å²) in [5.41, 5.74) is 0. The summed E-state index contributed by atoms with van der Waals surface area (Å²) in [6, 6.07) is -0.807. The largest absolute Gasteiger partial charge is 0.466 e. The molecular formula is C75H139NO10. The van der Waals surface area contributed by atoms with Crippen LogP contribution in [0.15, 0.2) is 48.6 Å². The highest BCUT2D eigenvalue weighted by atomic mass is 16.7. The minimum absolute atomic E-state index is 0.00141. The summed E-state index contributed by atoms with van der Waals surface area (Å²) < 4.78 is 16.7. The average Bonchev–Trinajstić information content (AvgIpc) is 3.55. The molecule has 0 aromatic heterocycles. The molecule has 7 unspecified atom stereocenters. The van der Waals surface area contributed by atoms with E-state index in [-0.39, 0.29) is 18.5 Å². The lowest BCUT2D eigenvalue weighted by molar-refractivity contribution is -0.302. The molecule has 1 rings (SSSR count). The van der Waals surface area contributed by atoms with Gasteiger partial charge in [0.2, 0.25) is 5.91 Å². The van der Waals surface area contributed by atoms with Gasteiger partial charge in [0.05, 0.1) is 32.0 Å². The Kier molecular flexibility index (Phi) is 60.9. The van der Waals surface area contributed by atoms with Crippen molar-refractivity contribution >= 4 is 11.9 Å². The van der Waals surface area contributed by atoms with Crippen molar-refractivity contribution in [2.75, 3.05) is 19.8 Å². The molecule has 1 fully saturated rings. The molecule has 0 radical (unpaired) electrons. The molecule has 0 bridgehead atoms. The highest BCUT2D eigenvalue weighted by Gasteiger charge is 2.44. The van der Waals surface area contributed by atoms with E-state index in [0.29, 0.717) is 19.4 Å². The Morgan fingerprint density at radius 3 is 1.22 bits per heavy atom. The Morgan fingerprint density at radius 2 is 0.791 bits per heavy atom. The second kappa shape index (κ2) is 64.2. The lowest BCUT2D eigenvalue weighted by atomic mass is 9.99. The number of esters is 1. The van der Waals surface area contributed by atoms with Gasteiger partial charge in [-0.15, -0.1) is 0 Å². The fraction of sp³-hybridized carbons (Fsp3) is 0.867. The summed E-state index contributed by atoms with van der Waals surface area (Å²) >= 11 is 0. The van der Waals surface area contributed by atoms with E-state index in [0.717, 1.165) is 64.2 Å². The average molecular weight is 1210 g/mol. The predicted molar refractivity (Wildman–Crippen MR) is 361 cm³/mol. The van der Waals surface area contributed by atoms with Crippen LogP contribution in [0.5, 0.6) is 0 Å². The quantitative estimate of drug-likeness (QED) is 0.0195. The number of unbranched alkanes of at least 4 members (excludes halogenated alkanes) is 45. The van der Waals surface area contributed by atoms with Crippen molar-refractivity contribution in [3.8, 4) is 0 Å². The van der Waals surface area contributed by atoms with E-state index >= 15 is 0 Å². The highest BCUT2D eigenvalue weighted by Crippen LogP contribution is 2.23. The predicted octanol–water partition coefficient (Wildman–Crippen LogP) is 19.1. The second-order valence-corrected chi connectivity index (χ2v) is 25.6. The fourth-order valence-corrected chi connectivity index (χ4v) is 11.6. The molecule has 0 spiro atoms. The zero-order valence-corrected chi connectivity index (χ0v) is 56.0. The van der Waals surface area contributed by atoms with Gasteiger partial charge in [-0.05, 0) is 83.5 Å². The maximum absolute atomic E-state index is 13.0. The third-order valence-electron chi connectivity index (χ3n) is 17.4. The van der Waals surface area contributed by atoms with Crippen molar-refractivity contribution in [2.45, 2.75) is 397 Å². The van der Waals surface area contributed by atoms with Gasteiger partial charge in [0, 0.05) is 12.8 Å². The Balaban J connectivity index is 1.91. The van der Waals surface area contributed by atoms with Crippen molar-refractivity contribution in [1.29, 1.82) is 0 Å². The van der Waals surface area contributed by atoms with Gasteiger partial charge in [-0.1, -0.05) is 306 Å². The van der Waals surface area contributed by atoms with Crippen LogP contribution in [-0.4, -0.2) is 100 Å². The number of carbonyl (C=O) groups excluding carboxylic acids is 2. The van der Waals surface area contributed by atoms with Gasteiger partial charge < -0.3 is 45.1 Å². The van der Waals surface area contributed by atoms with Gasteiger partial charge >= 0.3 is 5.97 Å². The third-order valence-corrected chi connectivity index (χ3v) is 17.4. The molecule has 86 heavy (non-hydrogen) atoms. The first kappa shape index (κ1) is 81.6. The molecule has 0 aromatic carbocycles. The second-order valence-electron chi connectivity index (χ2n) is 25.6. The Morgan fingerprint density at radius 1 is 0.430 bits per heavy atom. The van der Waals surface area contributed by atoms with Crippen LogP contribution in [0, 0.1) is 0 Å². The Bertz CT molecular complexity index is 1570. The van der Waals surface area contributed by atoms with E-state index < -0.39 is 49.5 Å². The molecule has 1 amide bonds. The molecule has 0 aromatic rings. The molecule has 1 aliphatic rings. The van der Waals surface area contributed by atoms with E-state index in [1.165, 1.54) is 263 Å². The van der Waals surface area contributed by atoms with Gasteiger partial charge in [0.25, 0.3) is 0 Å². The number of allylic oxidation sites excluding steroid dienone is 7. The zero-order chi connectivity index (χ0) is 62.3. The molecule has 0 saturated carbocycles. The van der Waals surface area contributed by atoms with Crippen LogP contribution in [0.25, 0.3) is 0 Å². The van der Waals surface area contributed by atoms with Crippen molar-refractivity contribution < 1.29 is 49.3 Å². The van der Waals surface area contributed by atoms with E-state index in [2.05, 4.69) is 55.6 Å². The van der Waals surface area contributed by atoms with E-state index in [9.17, 15) is 35.1 Å². The summed E-state index contributed by atoms with van der Waals surface area (Å²) in [6.07, 6.45) is 74.2. The van der Waals surface area contributed by atoms with Crippen molar-refractivity contribution in [3.63, 3.8) is 0 Å².